The van der Waals surface area contributed by atoms with Crippen molar-refractivity contribution in [1.82, 2.24) is 0 Å². The van der Waals surface area contributed by atoms with Crippen LogP contribution in [0.4, 0.5) is 5.69 Å². The Morgan fingerprint density at radius 1 is 1.32 bits per heavy atom. The molecule has 1 aliphatic rings. The van der Waals surface area contributed by atoms with Gasteiger partial charge in [0.1, 0.15) is 0 Å². The molecular weight excluding hydrogens is 300 g/mol. The van der Waals surface area contributed by atoms with Crippen LogP contribution in [-0.2, 0) is 6.54 Å². The van der Waals surface area contributed by atoms with Crippen LogP contribution >= 0.6 is 15.9 Å². The average Bonchev–Trinajstić information content (AvgIpc) is 2.37. The van der Waals surface area contributed by atoms with Crippen LogP contribution in [0.5, 0.6) is 0 Å². The summed E-state index contributed by atoms with van der Waals surface area (Å²) in [5, 5.41) is 0. The fourth-order valence-electron chi connectivity index (χ4n) is 2.61. The molecule has 0 bridgehead atoms. The van der Waals surface area contributed by atoms with Gasteiger partial charge in [-0.25, -0.2) is 0 Å². The van der Waals surface area contributed by atoms with E-state index in [2.05, 4.69) is 65.9 Å². The molecule has 0 fully saturated rings. The molecule has 0 aromatic heterocycles. The number of nitrogens with two attached hydrogens (primary N) is 1. The number of halogens is 1. The van der Waals surface area contributed by atoms with E-state index < -0.39 is 0 Å². The summed E-state index contributed by atoms with van der Waals surface area (Å²) in [6.45, 7) is 9.50. The number of hydrogen-bond acceptors (Lipinski definition) is 2. The van der Waals surface area contributed by atoms with E-state index in [-0.39, 0.29) is 0 Å². The summed E-state index contributed by atoms with van der Waals surface area (Å²) >= 11 is 3.60. The predicted molar refractivity (Wildman–Crippen MR) is 86.4 cm³/mol. The highest BCUT2D eigenvalue weighted by molar-refractivity contribution is 9.10. The van der Waals surface area contributed by atoms with Crippen molar-refractivity contribution in [3.05, 3.63) is 39.9 Å². The largest absolute Gasteiger partial charge is 0.367 e. The van der Waals surface area contributed by atoms with Crippen molar-refractivity contribution in [3.8, 4) is 0 Å². The van der Waals surface area contributed by atoms with Gasteiger partial charge in [0.25, 0.3) is 0 Å². The van der Waals surface area contributed by atoms with Crippen molar-refractivity contribution in [2.75, 3.05) is 18.0 Å². The van der Waals surface area contributed by atoms with E-state index >= 15 is 0 Å². The molecule has 0 spiro atoms. The van der Waals surface area contributed by atoms with Crippen molar-refractivity contribution < 1.29 is 0 Å². The van der Waals surface area contributed by atoms with Crippen LogP contribution in [-0.4, -0.2) is 13.1 Å². The maximum atomic E-state index is 5.88. The lowest BCUT2D eigenvalue weighted by Crippen LogP contribution is -2.32. The van der Waals surface area contributed by atoms with Crippen LogP contribution in [0.1, 0.15) is 32.8 Å². The van der Waals surface area contributed by atoms with Gasteiger partial charge in [0.05, 0.1) is 0 Å². The zero-order valence-corrected chi connectivity index (χ0v) is 13.6. The maximum Gasteiger partial charge on any atom is 0.0426 e. The van der Waals surface area contributed by atoms with Gasteiger partial charge in [-0.15, -0.1) is 0 Å². The van der Waals surface area contributed by atoms with Gasteiger partial charge in [0, 0.05) is 35.4 Å². The number of anilines is 1. The van der Waals surface area contributed by atoms with Crippen molar-refractivity contribution in [2.24, 2.45) is 11.1 Å². The normalized spacial score (nSPS) is 16.5. The molecule has 0 saturated heterocycles. The molecule has 19 heavy (non-hydrogen) atoms. The van der Waals surface area contributed by atoms with Crippen molar-refractivity contribution in [1.29, 1.82) is 0 Å². The summed E-state index contributed by atoms with van der Waals surface area (Å²) in [6, 6.07) is 6.32. The molecule has 0 aliphatic carbocycles. The fraction of sp³-hybridized carbons (Fsp3) is 0.500. The molecule has 0 amide bonds. The monoisotopic (exact) mass is 322 g/mol. The number of nitrogens with zero attached hydrogens (tertiary/aromatic N) is 1. The summed E-state index contributed by atoms with van der Waals surface area (Å²) in [4.78, 5) is 2.42. The topological polar surface area (TPSA) is 29.3 Å². The first-order chi connectivity index (χ1) is 8.93. The first kappa shape index (κ1) is 14.6. The number of hydrogen-bond donors (Lipinski definition) is 1. The van der Waals surface area contributed by atoms with Gasteiger partial charge in [0.2, 0.25) is 0 Å². The second-order valence-electron chi connectivity index (χ2n) is 6.12. The van der Waals surface area contributed by atoms with Gasteiger partial charge in [-0.3, -0.25) is 0 Å². The van der Waals surface area contributed by atoms with E-state index in [1.165, 1.54) is 11.3 Å². The molecule has 0 atom stereocenters. The van der Waals surface area contributed by atoms with Crippen LogP contribution in [0, 0.1) is 5.41 Å². The molecule has 0 radical (unpaired) electrons. The fourth-order valence-corrected chi connectivity index (χ4v) is 3.13. The van der Waals surface area contributed by atoms with E-state index in [0.717, 1.165) is 24.0 Å². The first-order valence-corrected chi connectivity index (χ1v) is 7.64. The van der Waals surface area contributed by atoms with Crippen LogP contribution in [0.3, 0.4) is 0 Å². The molecule has 1 heterocycles. The highest BCUT2D eigenvalue weighted by Gasteiger charge is 2.22. The molecule has 1 aromatic rings. The molecule has 0 unspecified atom stereocenters. The van der Waals surface area contributed by atoms with Crippen LogP contribution in [0.25, 0.3) is 0 Å². The molecular formula is C16H23BrN2. The minimum atomic E-state index is 0.292. The quantitative estimate of drug-likeness (QED) is 0.831. The zero-order valence-electron chi connectivity index (χ0n) is 12.0. The summed E-state index contributed by atoms with van der Waals surface area (Å²) in [5.74, 6) is 0. The second kappa shape index (κ2) is 5.68. The SMILES string of the molecule is CC(C)(C)C1=CCN(c2cccc(Br)c2CN)CC1. The molecule has 1 aromatic carbocycles. The summed E-state index contributed by atoms with van der Waals surface area (Å²) in [7, 11) is 0. The minimum absolute atomic E-state index is 0.292. The van der Waals surface area contributed by atoms with Gasteiger partial charge < -0.3 is 10.6 Å². The summed E-state index contributed by atoms with van der Waals surface area (Å²) in [6.07, 6.45) is 3.52. The number of rotatable bonds is 2. The molecule has 0 saturated carbocycles. The third-order valence-electron chi connectivity index (χ3n) is 3.81. The average molecular weight is 323 g/mol. The van der Waals surface area contributed by atoms with Crippen LogP contribution in [0.15, 0.2) is 34.3 Å². The Morgan fingerprint density at radius 3 is 2.58 bits per heavy atom. The van der Waals surface area contributed by atoms with Gasteiger partial charge in [-0.05, 0) is 24.0 Å². The maximum absolute atomic E-state index is 5.88. The van der Waals surface area contributed by atoms with Gasteiger partial charge in [0.15, 0.2) is 0 Å². The third kappa shape index (κ3) is 3.21. The Hall–Kier alpha value is -0.800. The smallest absolute Gasteiger partial charge is 0.0426 e. The van der Waals surface area contributed by atoms with Gasteiger partial charge in [-0.2, -0.15) is 0 Å². The minimum Gasteiger partial charge on any atom is -0.367 e. The predicted octanol–water partition coefficient (Wildman–Crippen LogP) is 4.09. The Bertz CT molecular complexity index is 486. The Labute approximate surface area is 124 Å². The standard InChI is InChI=1S/C16H23BrN2/c1-16(2,3)12-7-9-19(10-8-12)15-6-4-5-14(17)13(15)11-18/h4-7H,8-11,18H2,1-3H3. The van der Waals surface area contributed by atoms with Crippen LogP contribution < -0.4 is 10.6 Å². The highest BCUT2D eigenvalue weighted by atomic mass is 79.9. The summed E-state index contributed by atoms with van der Waals surface area (Å²) in [5.41, 5.74) is 10.2. The molecule has 2 rings (SSSR count). The molecule has 2 N–H and O–H groups in total. The Balaban J connectivity index is 2.23. The molecule has 2 nitrogen and oxygen atoms in total. The third-order valence-corrected chi connectivity index (χ3v) is 4.55. The van der Waals surface area contributed by atoms with E-state index in [1.54, 1.807) is 5.57 Å². The van der Waals surface area contributed by atoms with Crippen molar-refractivity contribution in [3.63, 3.8) is 0 Å². The van der Waals surface area contributed by atoms with E-state index in [1.807, 2.05) is 0 Å². The lowest BCUT2D eigenvalue weighted by atomic mass is 9.83. The zero-order chi connectivity index (χ0) is 14.0. The van der Waals surface area contributed by atoms with E-state index in [0.29, 0.717) is 12.0 Å². The second-order valence-corrected chi connectivity index (χ2v) is 6.97. The molecule has 3 heteroatoms. The Kier molecular flexibility index (Phi) is 4.36. The molecule has 104 valence electrons. The highest BCUT2D eigenvalue weighted by Crippen LogP contribution is 2.33. The van der Waals surface area contributed by atoms with Crippen LogP contribution in [0.2, 0.25) is 0 Å². The lowest BCUT2D eigenvalue weighted by molar-refractivity contribution is 0.472. The van der Waals surface area contributed by atoms with Crippen molar-refractivity contribution in [2.45, 2.75) is 33.7 Å². The summed E-state index contributed by atoms with van der Waals surface area (Å²) < 4.78 is 1.11. The van der Waals surface area contributed by atoms with E-state index in [4.69, 9.17) is 5.73 Å². The molecule has 1 aliphatic heterocycles. The van der Waals surface area contributed by atoms with Gasteiger partial charge in [-0.1, -0.05) is 54.4 Å². The number of benzene rings is 1. The van der Waals surface area contributed by atoms with Gasteiger partial charge >= 0.3 is 0 Å². The Morgan fingerprint density at radius 2 is 2.05 bits per heavy atom. The van der Waals surface area contributed by atoms with Crippen molar-refractivity contribution >= 4 is 21.6 Å². The first-order valence-electron chi connectivity index (χ1n) is 6.85. The van der Waals surface area contributed by atoms with E-state index in [9.17, 15) is 0 Å². The lowest BCUT2D eigenvalue weighted by Gasteiger charge is -2.34.